The van der Waals surface area contributed by atoms with Gasteiger partial charge in [0.05, 0.1) is 37.3 Å². The number of rotatable bonds is 7. The summed E-state index contributed by atoms with van der Waals surface area (Å²) in [7, 11) is 3.20. The molecule has 8 heteroatoms. The molecule has 1 N–H and O–H groups in total. The second-order valence-corrected chi connectivity index (χ2v) is 7.06. The van der Waals surface area contributed by atoms with Gasteiger partial charge < -0.3 is 23.8 Å². The highest BCUT2D eigenvalue weighted by Crippen LogP contribution is 2.37. The highest BCUT2D eigenvalue weighted by Gasteiger charge is 2.15. The predicted molar refractivity (Wildman–Crippen MR) is 120 cm³/mol. The van der Waals surface area contributed by atoms with Crippen LogP contribution in [0.15, 0.2) is 73.6 Å². The van der Waals surface area contributed by atoms with E-state index in [2.05, 4.69) is 21.0 Å². The number of pyridine rings is 1. The number of hydrogen-bond acceptors (Lipinski definition) is 6. The Bertz CT molecular complexity index is 1330. The summed E-state index contributed by atoms with van der Waals surface area (Å²) in [6, 6.07) is 13.6. The third-order valence-electron chi connectivity index (χ3n) is 5.16. The van der Waals surface area contributed by atoms with Gasteiger partial charge in [-0.25, -0.2) is 9.97 Å². The number of para-hydroxylation sites is 1. The molecule has 5 aromatic rings. The molecule has 0 atom stereocenters. The van der Waals surface area contributed by atoms with Gasteiger partial charge in [-0.2, -0.15) is 0 Å². The second-order valence-electron chi connectivity index (χ2n) is 7.06. The van der Waals surface area contributed by atoms with Crippen molar-refractivity contribution in [1.82, 2.24) is 24.5 Å². The maximum atomic E-state index is 6.02. The number of nitrogens with zero attached hydrogens (tertiary/aromatic N) is 4. The van der Waals surface area contributed by atoms with Gasteiger partial charge in [0, 0.05) is 30.4 Å². The Morgan fingerprint density at radius 2 is 1.72 bits per heavy atom. The maximum absolute atomic E-state index is 6.02. The minimum atomic E-state index is 0.233. The van der Waals surface area contributed by atoms with Crippen LogP contribution < -0.4 is 14.2 Å². The van der Waals surface area contributed by atoms with Gasteiger partial charge in [-0.3, -0.25) is 4.98 Å². The Morgan fingerprint density at radius 1 is 0.938 bits per heavy atom. The van der Waals surface area contributed by atoms with Crippen molar-refractivity contribution in [3.8, 4) is 34.1 Å². The topological polar surface area (TPSA) is 87.1 Å². The Labute approximate surface area is 184 Å². The fourth-order valence-electron chi connectivity index (χ4n) is 3.64. The molecule has 0 aliphatic rings. The minimum Gasteiger partial charge on any atom is -0.493 e. The summed E-state index contributed by atoms with van der Waals surface area (Å²) in [6.07, 6.45) is 9.01. The highest BCUT2D eigenvalue weighted by atomic mass is 16.5. The van der Waals surface area contributed by atoms with E-state index in [1.165, 1.54) is 0 Å². The molecule has 8 nitrogen and oxygen atoms in total. The molecule has 2 aromatic carbocycles. The number of benzene rings is 2. The van der Waals surface area contributed by atoms with Crippen molar-refractivity contribution in [3.05, 3.63) is 79.4 Å². The number of H-pyrrole nitrogens is 1. The molecular weight excluding hydrogens is 406 g/mol. The lowest BCUT2D eigenvalue weighted by Gasteiger charge is -2.13. The van der Waals surface area contributed by atoms with Crippen molar-refractivity contribution in [2.24, 2.45) is 0 Å². The van der Waals surface area contributed by atoms with Crippen LogP contribution in [0.4, 0.5) is 0 Å². The van der Waals surface area contributed by atoms with Crippen LogP contribution in [-0.2, 0) is 6.61 Å². The smallest absolute Gasteiger partial charge is 0.203 e. The molecule has 160 valence electrons. The zero-order valence-electron chi connectivity index (χ0n) is 17.6. The summed E-state index contributed by atoms with van der Waals surface area (Å²) in [5.74, 6) is 2.43. The third kappa shape index (κ3) is 3.62. The number of aromatic nitrogens is 5. The van der Waals surface area contributed by atoms with Crippen LogP contribution in [0.5, 0.6) is 17.2 Å². The fourth-order valence-corrected chi connectivity index (χ4v) is 3.64. The summed E-state index contributed by atoms with van der Waals surface area (Å²) < 4.78 is 18.8. The van der Waals surface area contributed by atoms with Crippen LogP contribution in [0.25, 0.3) is 27.8 Å². The monoisotopic (exact) mass is 427 g/mol. The summed E-state index contributed by atoms with van der Waals surface area (Å²) in [4.78, 5) is 16.4. The molecule has 0 saturated carbocycles. The first-order chi connectivity index (χ1) is 15.8. The van der Waals surface area contributed by atoms with E-state index in [9.17, 15) is 0 Å². The lowest BCUT2D eigenvalue weighted by Crippen LogP contribution is -2.01. The number of hydrogen-bond donors (Lipinski definition) is 1. The maximum Gasteiger partial charge on any atom is 0.203 e. The minimum absolute atomic E-state index is 0.233. The van der Waals surface area contributed by atoms with Gasteiger partial charge >= 0.3 is 0 Å². The van der Waals surface area contributed by atoms with E-state index < -0.39 is 0 Å². The number of ether oxygens (including phenoxy) is 3. The highest BCUT2D eigenvalue weighted by molar-refractivity contribution is 5.87. The third-order valence-corrected chi connectivity index (χ3v) is 5.16. The van der Waals surface area contributed by atoms with E-state index in [-0.39, 0.29) is 6.61 Å². The van der Waals surface area contributed by atoms with Gasteiger partial charge in [-0.1, -0.05) is 6.07 Å². The molecule has 0 radical (unpaired) electrons. The van der Waals surface area contributed by atoms with Crippen LogP contribution in [0, 0.1) is 0 Å². The average molecular weight is 427 g/mol. The van der Waals surface area contributed by atoms with Gasteiger partial charge in [0.25, 0.3) is 0 Å². The molecule has 32 heavy (non-hydrogen) atoms. The average Bonchev–Trinajstić information content (AvgIpc) is 3.51. The first kappa shape index (κ1) is 19.6. The van der Waals surface area contributed by atoms with Crippen LogP contribution in [-0.4, -0.2) is 38.7 Å². The molecule has 3 heterocycles. The Hall–Kier alpha value is -4.33. The molecule has 0 fully saturated rings. The molecule has 0 aliphatic heterocycles. The largest absolute Gasteiger partial charge is 0.493 e. The van der Waals surface area contributed by atoms with Crippen molar-refractivity contribution in [2.75, 3.05) is 14.2 Å². The Kier molecular flexibility index (Phi) is 5.17. The van der Waals surface area contributed by atoms with E-state index in [1.54, 1.807) is 39.1 Å². The number of imidazole rings is 2. The van der Waals surface area contributed by atoms with Crippen molar-refractivity contribution in [2.45, 2.75) is 6.61 Å². The zero-order chi connectivity index (χ0) is 21.9. The van der Waals surface area contributed by atoms with Crippen LogP contribution in [0.3, 0.4) is 0 Å². The Morgan fingerprint density at radius 3 is 2.41 bits per heavy atom. The molecule has 0 amide bonds. The Balaban J connectivity index is 1.52. The van der Waals surface area contributed by atoms with E-state index in [4.69, 9.17) is 19.2 Å². The predicted octanol–water partition coefficient (Wildman–Crippen LogP) is 4.41. The second kappa shape index (κ2) is 8.43. The normalized spacial score (nSPS) is 10.9. The summed E-state index contributed by atoms with van der Waals surface area (Å²) in [5, 5.41) is 0. The van der Waals surface area contributed by atoms with Gasteiger partial charge in [0.2, 0.25) is 5.75 Å². The number of fused-ring (bicyclic) bond motifs is 1. The summed E-state index contributed by atoms with van der Waals surface area (Å²) in [5.41, 5.74) is 4.81. The van der Waals surface area contributed by atoms with Crippen LogP contribution in [0.1, 0.15) is 5.82 Å². The lowest BCUT2D eigenvalue weighted by molar-refractivity contribution is 0.260. The van der Waals surface area contributed by atoms with E-state index in [0.29, 0.717) is 23.1 Å². The quantitative estimate of drug-likeness (QED) is 0.414. The first-order valence-corrected chi connectivity index (χ1v) is 10.0. The molecular formula is C24H21N5O3. The van der Waals surface area contributed by atoms with Gasteiger partial charge in [-0.15, -0.1) is 0 Å². The van der Waals surface area contributed by atoms with Gasteiger partial charge in [-0.05, 0) is 42.0 Å². The zero-order valence-corrected chi connectivity index (χ0v) is 17.6. The van der Waals surface area contributed by atoms with Crippen molar-refractivity contribution < 1.29 is 14.2 Å². The van der Waals surface area contributed by atoms with Crippen molar-refractivity contribution in [3.63, 3.8) is 0 Å². The molecule has 0 aliphatic carbocycles. The molecule has 0 bridgehead atoms. The number of aromatic amines is 1. The lowest BCUT2D eigenvalue weighted by atomic mass is 10.0. The van der Waals surface area contributed by atoms with E-state index >= 15 is 0 Å². The molecule has 0 unspecified atom stereocenters. The van der Waals surface area contributed by atoms with Crippen molar-refractivity contribution >= 4 is 11.0 Å². The van der Waals surface area contributed by atoms with E-state index in [0.717, 1.165) is 27.8 Å². The first-order valence-electron chi connectivity index (χ1n) is 10.0. The number of nitrogens with one attached hydrogen (secondary N) is 1. The van der Waals surface area contributed by atoms with Crippen molar-refractivity contribution in [1.29, 1.82) is 0 Å². The molecule has 0 saturated heterocycles. The van der Waals surface area contributed by atoms with Crippen LogP contribution >= 0.6 is 0 Å². The van der Waals surface area contributed by atoms with Gasteiger partial charge in [0.15, 0.2) is 11.5 Å². The van der Waals surface area contributed by atoms with Gasteiger partial charge in [0.1, 0.15) is 12.4 Å². The molecule has 3 aromatic heterocycles. The number of methoxy groups -OCH3 is 2. The summed E-state index contributed by atoms with van der Waals surface area (Å²) >= 11 is 0. The molecule has 5 rings (SSSR count). The summed E-state index contributed by atoms with van der Waals surface area (Å²) in [6.45, 7) is 0.233. The van der Waals surface area contributed by atoms with E-state index in [1.807, 2.05) is 47.2 Å². The van der Waals surface area contributed by atoms with Crippen LogP contribution in [0.2, 0.25) is 0 Å². The standard InChI is InChI=1S/C24H21N5O3/c1-30-21-4-3-5-22(31-2)24(21)32-14-23-27-18-12-17(16-6-8-25-9-7-16)20(13-19(18)28-23)29-11-10-26-15-29/h3-13,15H,14H2,1-2H3,(H,27,28). The molecule has 0 spiro atoms. The fraction of sp³-hybridized carbons (Fsp3) is 0.125. The SMILES string of the molecule is COc1cccc(OC)c1OCc1nc2cc(-n3ccnc3)c(-c3ccncc3)cc2[nH]1.